The molecule has 0 aliphatic carbocycles. The zero-order chi connectivity index (χ0) is 14.8. The maximum Gasteiger partial charge on any atom is 0.207 e. The maximum atomic E-state index is 11.8. The fourth-order valence-electron chi connectivity index (χ4n) is 2.32. The summed E-state index contributed by atoms with van der Waals surface area (Å²) in [5.41, 5.74) is 1.61. The zero-order valence-corrected chi connectivity index (χ0v) is 12.2. The van der Waals surface area contributed by atoms with Gasteiger partial charge in [0.05, 0.1) is 25.4 Å². The lowest BCUT2D eigenvalue weighted by Gasteiger charge is -2.12. The SMILES string of the molecule is COc1ccc(Cl)cc1Cn1ncc(=O)c2ccccc21. The molecule has 2 aromatic carbocycles. The van der Waals surface area contributed by atoms with Crippen LogP contribution in [-0.4, -0.2) is 16.9 Å². The molecule has 0 unspecified atom stereocenters. The molecule has 3 rings (SSSR count). The second-order valence-corrected chi connectivity index (χ2v) is 5.08. The molecule has 106 valence electrons. The van der Waals surface area contributed by atoms with E-state index < -0.39 is 0 Å². The molecule has 3 aromatic rings. The molecule has 0 bridgehead atoms. The Morgan fingerprint density at radius 1 is 1.24 bits per heavy atom. The molecule has 0 aliphatic heterocycles. The van der Waals surface area contributed by atoms with Gasteiger partial charge in [0.1, 0.15) is 5.75 Å². The lowest BCUT2D eigenvalue weighted by molar-refractivity contribution is 0.407. The van der Waals surface area contributed by atoms with Gasteiger partial charge in [-0.3, -0.25) is 9.48 Å². The molecule has 0 saturated carbocycles. The molecule has 4 nitrogen and oxygen atoms in total. The summed E-state index contributed by atoms with van der Waals surface area (Å²) in [4.78, 5) is 11.8. The quantitative estimate of drug-likeness (QED) is 0.746. The fourth-order valence-corrected chi connectivity index (χ4v) is 2.51. The van der Waals surface area contributed by atoms with E-state index in [-0.39, 0.29) is 5.43 Å². The lowest BCUT2D eigenvalue weighted by Crippen LogP contribution is -2.13. The minimum absolute atomic E-state index is 0.0834. The van der Waals surface area contributed by atoms with Crippen molar-refractivity contribution in [3.63, 3.8) is 0 Å². The number of fused-ring (bicyclic) bond motifs is 1. The molecule has 0 amide bonds. The van der Waals surface area contributed by atoms with Crippen molar-refractivity contribution in [1.82, 2.24) is 9.78 Å². The number of rotatable bonds is 3. The summed E-state index contributed by atoms with van der Waals surface area (Å²) >= 11 is 6.05. The Bertz CT molecular complexity index is 858. The smallest absolute Gasteiger partial charge is 0.207 e. The number of nitrogens with zero attached hydrogens (tertiary/aromatic N) is 2. The van der Waals surface area contributed by atoms with E-state index in [0.29, 0.717) is 17.0 Å². The molecule has 21 heavy (non-hydrogen) atoms. The average molecular weight is 301 g/mol. The van der Waals surface area contributed by atoms with Gasteiger partial charge < -0.3 is 4.74 Å². The average Bonchev–Trinajstić information content (AvgIpc) is 2.51. The highest BCUT2D eigenvalue weighted by atomic mass is 35.5. The Balaban J connectivity index is 2.13. The Hall–Kier alpha value is -2.33. The van der Waals surface area contributed by atoms with Gasteiger partial charge in [0.15, 0.2) is 0 Å². The Labute approximate surface area is 126 Å². The van der Waals surface area contributed by atoms with Crippen LogP contribution < -0.4 is 10.2 Å². The molecule has 0 saturated heterocycles. The third-order valence-electron chi connectivity index (χ3n) is 3.32. The first-order valence-corrected chi connectivity index (χ1v) is 6.84. The van der Waals surface area contributed by atoms with Crippen LogP contribution in [0.15, 0.2) is 53.5 Å². The number of aromatic nitrogens is 2. The number of ether oxygens (including phenoxy) is 1. The van der Waals surface area contributed by atoms with Crippen LogP contribution in [0.3, 0.4) is 0 Å². The van der Waals surface area contributed by atoms with Gasteiger partial charge in [-0.15, -0.1) is 0 Å². The highest BCUT2D eigenvalue weighted by Crippen LogP contribution is 2.24. The molecule has 0 atom stereocenters. The van der Waals surface area contributed by atoms with Crippen LogP contribution in [0, 0.1) is 0 Å². The third-order valence-corrected chi connectivity index (χ3v) is 3.56. The first-order chi connectivity index (χ1) is 10.2. The van der Waals surface area contributed by atoms with Gasteiger partial charge in [-0.05, 0) is 30.3 Å². The summed E-state index contributed by atoms with van der Waals surface area (Å²) < 4.78 is 7.12. The van der Waals surface area contributed by atoms with Crippen LogP contribution in [0.5, 0.6) is 5.75 Å². The molecule has 0 fully saturated rings. The topological polar surface area (TPSA) is 44.1 Å². The number of benzene rings is 2. The monoisotopic (exact) mass is 300 g/mol. The number of hydrogen-bond acceptors (Lipinski definition) is 3. The van der Waals surface area contributed by atoms with Crippen molar-refractivity contribution < 1.29 is 4.74 Å². The van der Waals surface area contributed by atoms with Gasteiger partial charge in [0.2, 0.25) is 5.43 Å². The largest absolute Gasteiger partial charge is 0.496 e. The van der Waals surface area contributed by atoms with Crippen molar-refractivity contribution in [1.29, 1.82) is 0 Å². The maximum absolute atomic E-state index is 11.8. The van der Waals surface area contributed by atoms with E-state index in [2.05, 4.69) is 5.10 Å². The number of hydrogen-bond donors (Lipinski definition) is 0. The van der Waals surface area contributed by atoms with Crippen molar-refractivity contribution in [3.05, 3.63) is 69.5 Å². The summed E-state index contributed by atoms with van der Waals surface area (Å²) in [7, 11) is 1.61. The number of para-hydroxylation sites is 1. The molecule has 0 N–H and O–H groups in total. The van der Waals surface area contributed by atoms with Crippen LogP contribution in [0.25, 0.3) is 10.9 Å². The van der Waals surface area contributed by atoms with Crippen LogP contribution in [0.1, 0.15) is 5.56 Å². The highest BCUT2D eigenvalue weighted by molar-refractivity contribution is 6.30. The molecule has 1 heterocycles. The van der Waals surface area contributed by atoms with Gasteiger partial charge in [-0.2, -0.15) is 5.10 Å². The zero-order valence-electron chi connectivity index (χ0n) is 11.4. The van der Waals surface area contributed by atoms with E-state index in [9.17, 15) is 4.79 Å². The second kappa shape index (κ2) is 5.58. The van der Waals surface area contributed by atoms with E-state index in [4.69, 9.17) is 16.3 Å². The summed E-state index contributed by atoms with van der Waals surface area (Å²) in [6, 6.07) is 12.8. The number of halogens is 1. The van der Waals surface area contributed by atoms with Crippen molar-refractivity contribution >= 4 is 22.5 Å². The molecular formula is C16H13ClN2O2. The van der Waals surface area contributed by atoms with E-state index >= 15 is 0 Å². The minimum Gasteiger partial charge on any atom is -0.496 e. The highest BCUT2D eigenvalue weighted by Gasteiger charge is 2.08. The first-order valence-electron chi connectivity index (χ1n) is 6.46. The van der Waals surface area contributed by atoms with Gasteiger partial charge in [-0.1, -0.05) is 23.7 Å². The standard InChI is InChI=1S/C16H13ClN2O2/c1-21-16-7-6-12(17)8-11(16)10-19-14-5-3-2-4-13(14)15(20)9-18-19/h2-9H,10H2,1H3. The Kier molecular flexibility index (Phi) is 3.62. The van der Waals surface area contributed by atoms with Crippen molar-refractivity contribution in [3.8, 4) is 5.75 Å². The van der Waals surface area contributed by atoms with Gasteiger partial charge in [0.25, 0.3) is 0 Å². The predicted octanol–water partition coefficient (Wildman–Crippen LogP) is 3.11. The summed E-state index contributed by atoms with van der Waals surface area (Å²) in [5.74, 6) is 0.740. The summed E-state index contributed by atoms with van der Waals surface area (Å²) in [6.07, 6.45) is 1.33. The minimum atomic E-state index is -0.0834. The summed E-state index contributed by atoms with van der Waals surface area (Å²) in [5, 5.41) is 5.49. The number of methoxy groups -OCH3 is 1. The van der Waals surface area contributed by atoms with E-state index in [0.717, 1.165) is 16.8 Å². The normalized spacial score (nSPS) is 10.8. The molecule has 1 aromatic heterocycles. The van der Waals surface area contributed by atoms with E-state index in [1.807, 2.05) is 30.3 Å². The lowest BCUT2D eigenvalue weighted by atomic mass is 10.2. The predicted molar refractivity (Wildman–Crippen MR) is 83.1 cm³/mol. The second-order valence-electron chi connectivity index (χ2n) is 4.64. The molecule has 0 radical (unpaired) electrons. The molecule has 0 spiro atoms. The van der Waals surface area contributed by atoms with Gasteiger partial charge >= 0.3 is 0 Å². The fraction of sp³-hybridized carbons (Fsp3) is 0.125. The Morgan fingerprint density at radius 3 is 2.86 bits per heavy atom. The summed E-state index contributed by atoms with van der Waals surface area (Å²) in [6.45, 7) is 0.477. The van der Waals surface area contributed by atoms with Crippen LogP contribution in [0.2, 0.25) is 5.02 Å². The van der Waals surface area contributed by atoms with Gasteiger partial charge in [-0.25, -0.2) is 0 Å². The molecular weight excluding hydrogens is 288 g/mol. The van der Waals surface area contributed by atoms with Crippen molar-refractivity contribution in [2.45, 2.75) is 6.54 Å². The van der Waals surface area contributed by atoms with Crippen LogP contribution in [-0.2, 0) is 6.54 Å². The third kappa shape index (κ3) is 2.62. The van der Waals surface area contributed by atoms with Crippen LogP contribution >= 0.6 is 11.6 Å². The van der Waals surface area contributed by atoms with E-state index in [1.165, 1.54) is 6.20 Å². The molecule has 0 aliphatic rings. The van der Waals surface area contributed by atoms with E-state index in [1.54, 1.807) is 23.9 Å². The van der Waals surface area contributed by atoms with Gasteiger partial charge in [0, 0.05) is 16.0 Å². The van der Waals surface area contributed by atoms with Crippen LogP contribution in [0.4, 0.5) is 0 Å². The van der Waals surface area contributed by atoms with Crippen molar-refractivity contribution in [2.24, 2.45) is 0 Å². The Morgan fingerprint density at radius 2 is 2.05 bits per heavy atom. The molecule has 5 heteroatoms. The van der Waals surface area contributed by atoms with Crippen molar-refractivity contribution in [2.75, 3.05) is 7.11 Å². The first kappa shape index (κ1) is 13.6.